The second-order valence-corrected chi connectivity index (χ2v) is 7.51. The molecule has 0 spiro atoms. The number of pyridine rings is 1. The molecule has 4 heteroatoms. The summed E-state index contributed by atoms with van der Waals surface area (Å²) >= 11 is 0. The van der Waals surface area contributed by atoms with Crippen molar-refractivity contribution in [1.29, 1.82) is 0 Å². The Balaban J connectivity index is 1.77. The lowest BCUT2D eigenvalue weighted by atomic mass is 9.76. The minimum atomic E-state index is -1.04. The predicted molar refractivity (Wildman–Crippen MR) is 98.0 cm³/mol. The lowest BCUT2D eigenvalue weighted by Crippen LogP contribution is -2.32. The van der Waals surface area contributed by atoms with Gasteiger partial charge in [0.1, 0.15) is 6.17 Å². The zero-order valence-corrected chi connectivity index (χ0v) is 15.5. The normalized spacial score (nSPS) is 27.7. The highest BCUT2D eigenvalue weighted by atomic mass is 19.1. The van der Waals surface area contributed by atoms with Crippen molar-refractivity contribution in [2.24, 2.45) is 17.3 Å². The maximum absolute atomic E-state index is 13.3. The lowest BCUT2D eigenvalue weighted by Gasteiger charge is -2.30. The third-order valence-electron chi connectivity index (χ3n) is 6.04. The highest BCUT2D eigenvalue weighted by Crippen LogP contribution is 2.48. The van der Waals surface area contributed by atoms with Crippen LogP contribution in [0, 0.1) is 17.3 Å². The van der Waals surface area contributed by atoms with Crippen molar-refractivity contribution in [3.8, 4) is 0 Å². The van der Waals surface area contributed by atoms with E-state index in [0.29, 0.717) is 23.6 Å². The summed E-state index contributed by atoms with van der Waals surface area (Å²) in [5.41, 5.74) is 1.98. The summed E-state index contributed by atoms with van der Waals surface area (Å²) in [6.07, 6.45) is 4.47. The smallest absolute Gasteiger partial charge is 0.139 e. The molecule has 0 aromatic carbocycles. The van der Waals surface area contributed by atoms with Crippen LogP contribution < -0.4 is 10.6 Å². The van der Waals surface area contributed by atoms with Gasteiger partial charge in [0.15, 0.2) is 0 Å². The number of hydrogen-bond donors (Lipinski definition) is 2. The Morgan fingerprint density at radius 1 is 1.50 bits per heavy atom. The van der Waals surface area contributed by atoms with Crippen LogP contribution in [0.1, 0.15) is 64.4 Å². The molecular weight excluding hydrogens is 301 g/mol. The van der Waals surface area contributed by atoms with Gasteiger partial charge in [-0.25, -0.2) is 4.39 Å². The molecular formula is C20H32FN3. The standard InChI is InChI=1S/C20H32FN3/c1-6-20(5)9-7-18(14(20)2)13-24-16(4)23-12-17-8-10-22-19(11-17)15(3)21/h8,10-11,14-15,18,23-24H,4,6-7,9,12-13H2,1-3,5H3. The molecule has 1 fully saturated rings. The van der Waals surface area contributed by atoms with E-state index in [1.807, 2.05) is 6.07 Å². The molecule has 1 aliphatic carbocycles. The van der Waals surface area contributed by atoms with Crippen LogP contribution in [0.15, 0.2) is 30.7 Å². The van der Waals surface area contributed by atoms with Crippen molar-refractivity contribution in [1.82, 2.24) is 15.6 Å². The maximum Gasteiger partial charge on any atom is 0.139 e. The first-order chi connectivity index (χ1) is 11.4. The minimum absolute atomic E-state index is 0.478. The number of halogens is 1. The number of alkyl halides is 1. The first-order valence-corrected chi connectivity index (χ1v) is 9.11. The van der Waals surface area contributed by atoms with Gasteiger partial charge in [-0.1, -0.05) is 33.8 Å². The van der Waals surface area contributed by atoms with E-state index < -0.39 is 6.17 Å². The molecule has 0 bridgehead atoms. The van der Waals surface area contributed by atoms with Crippen LogP contribution >= 0.6 is 0 Å². The van der Waals surface area contributed by atoms with E-state index in [9.17, 15) is 4.39 Å². The van der Waals surface area contributed by atoms with Gasteiger partial charge in [0.2, 0.25) is 0 Å². The first-order valence-electron chi connectivity index (χ1n) is 9.11. The van der Waals surface area contributed by atoms with Gasteiger partial charge in [-0.15, -0.1) is 0 Å². The molecule has 4 atom stereocenters. The van der Waals surface area contributed by atoms with Crippen LogP contribution in [-0.4, -0.2) is 11.5 Å². The van der Waals surface area contributed by atoms with E-state index in [-0.39, 0.29) is 0 Å². The molecule has 0 saturated heterocycles. The van der Waals surface area contributed by atoms with E-state index in [4.69, 9.17) is 0 Å². The zero-order chi connectivity index (χ0) is 17.7. The fourth-order valence-corrected chi connectivity index (χ4v) is 3.69. The van der Waals surface area contributed by atoms with Gasteiger partial charge >= 0.3 is 0 Å². The Morgan fingerprint density at radius 3 is 2.88 bits per heavy atom. The van der Waals surface area contributed by atoms with Crippen molar-refractivity contribution in [3.05, 3.63) is 42.0 Å². The van der Waals surface area contributed by atoms with Gasteiger partial charge in [0.25, 0.3) is 0 Å². The van der Waals surface area contributed by atoms with Crippen molar-refractivity contribution >= 4 is 0 Å². The summed E-state index contributed by atoms with van der Waals surface area (Å²) in [5.74, 6) is 2.27. The largest absolute Gasteiger partial charge is 0.372 e. The number of aromatic nitrogens is 1. The molecule has 1 aliphatic rings. The Labute approximate surface area is 146 Å². The van der Waals surface area contributed by atoms with E-state index in [1.54, 1.807) is 12.3 Å². The van der Waals surface area contributed by atoms with Gasteiger partial charge in [-0.2, -0.15) is 0 Å². The van der Waals surface area contributed by atoms with Crippen LogP contribution in [0.5, 0.6) is 0 Å². The monoisotopic (exact) mass is 333 g/mol. The molecule has 4 unspecified atom stereocenters. The Hall–Kier alpha value is -1.58. The maximum atomic E-state index is 13.3. The molecule has 1 aromatic heterocycles. The molecule has 0 aliphatic heterocycles. The number of nitrogens with one attached hydrogen (secondary N) is 2. The molecule has 1 aromatic rings. The first kappa shape index (κ1) is 18.8. The van der Waals surface area contributed by atoms with Crippen molar-refractivity contribution < 1.29 is 4.39 Å². The highest BCUT2D eigenvalue weighted by molar-refractivity contribution is 5.18. The van der Waals surface area contributed by atoms with Crippen LogP contribution in [0.2, 0.25) is 0 Å². The SMILES string of the molecule is C=C(NCc1ccnc(C(C)F)c1)NCC1CCC(C)(CC)C1C. The van der Waals surface area contributed by atoms with E-state index in [0.717, 1.165) is 23.8 Å². The summed E-state index contributed by atoms with van der Waals surface area (Å²) < 4.78 is 13.3. The third-order valence-corrected chi connectivity index (χ3v) is 6.04. The zero-order valence-electron chi connectivity index (χ0n) is 15.5. The fraction of sp³-hybridized carbons (Fsp3) is 0.650. The lowest BCUT2D eigenvalue weighted by molar-refractivity contribution is 0.203. The Kier molecular flexibility index (Phi) is 6.25. The second kappa shape index (κ2) is 8.00. The Morgan fingerprint density at radius 2 is 2.25 bits per heavy atom. The number of rotatable bonds is 8. The molecule has 0 radical (unpaired) electrons. The molecule has 0 amide bonds. The second-order valence-electron chi connectivity index (χ2n) is 7.51. The molecule has 2 rings (SSSR count). The average Bonchev–Trinajstić information content (AvgIpc) is 2.87. The minimum Gasteiger partial charge on any atom is -0.372 e. The number of hydrogen-bond acceptors (Lipinski definition) is 3. The van der Waals surface area contributed by atoms with Crippen LogP contribution in [-0.2, 0) is 6.54 Å². The van der Waals surface area contributed by atoms with E-state index >= 15 is 0 Å². The molecule has 3 nitrogen and oxygen atoms in total. The highest BCUT2D eigenvalue weighted by Gasteiger charge is 2.40. The van der Waals surface area contributed by atoms with Gasteiger partial charge < -0.3 is 10.6 Å². The van der Waals surface area contributed by atoms with Crippen LogP contribution in [0.4, 0.5) is 4.39 Å². The summed E-state index contributed by atoms with van der Waals surface area (Å²) in [6, 6.07) is 3.70. The van der Waals surface area contributed by atoms with Crippen molar-refractivity contribution in [2.45, 2.75) is 59.7 Å². The quantitative estimate of drug-likeness (QED) is 0.722. The summed E-state index contributed by atoms with van der Waals surface area (Å²) in [7, 11) is 0. The van der Waals surface area contributed by atoms with E-state index in [1.165, 1.54) is 26.2 Å². The summed E-state index contributed by atoms with van der Waals surface area (Å²) in [4.78, 5) is 4.04. The average molecular weight is 333 g/mol. The van der Waals surface area contributed by atoms with E-state index in [2.05, 4.69) is 43.0 Å². The fourth-order valence-electron chi connectivity index (χ4n) is 3.69. The molecule has 134 valence electrons. The van der Waals surface area contributed by atoms with Gasteiger partial charge in [0, 0.05) is 19.3 Å². The predicted octanol–water partition coefficient (Wildman–Crippen LogP) is 4.72. The van der Waals surface area contributed by atoms with Crippen molar-refractivity contribution in [3.63, 3.8) is 0 Å². The molecule has 24 heavy (non-hydrogen) atoms. The van der Waals surface area contributed by atoms with Gasteiger partial charge in [0.05, 0.1) is 11.5 Å². The number of nitrogens with zero attached hydrogens (tertiary/aromatic N) is 1. The van der Waals surface area contributed by atoms with Crippen LogP contribution in [0.3, 0.4) is 0 Å². The van der Waals surface area contributed by atoms with Crippen molar-refractivity contribution in [2.75, 3.05) is 6.54 Å². The van der Waals surface area contributed by atoms with Gasteiger partial charge in [-0.3, -0.25) is 4.98 Å². The Bertz CT molecular complexity index is 558. The summed E-state index contributed by atoms with van der Waals surface area (Å²) in [5, 5.41) is 6.71. The molecule has 1 saturated carbocycles. The summed E-state index contributed by atoms with van der Waals surface area (Å²) in [6.45, 7) is 14.3. The topological polar surface area (TPSA) is 37.0 Å². The molecule has 2 N–H and O–H groups in total. The molecule has 1 heterocycles. The van der Waals surface area contributed by atoms with Crippen LogP contribution in [0.25, 0.3) is 0 Å². The van der Waals surface area contributed by atoms with Gasteiger partial charge in [-0.05, 0) is 54.7 Å². The third kappa shape index (κ3) is 4.49.